The summed E-state index contributed by atoms with van der Waals surface area (Å²) < 4.78 is 5.25. The number of rotatable bonds is 0. The first-order chi connectivity index (χ1) is 6.18. The molecule has 0 spiro atoms. The van der Waals surface area contributed by atoms with Gasteiger partial charge in [-0.15, -0.1) is 0 Å². The van der Waals surface area contributed by atoms with Crippen molar-refractivity contribution in [2.45, 2.75) is 6.92 Å². The molecule has 1 aliphatic rings. The van der Waals surface area contributed by atoms with Gasteiger partial charge in [-0.05, 0) is 23.8 Å². The highest BCUT2D eigenvalue weighted by atomic mass is 16.5. The summed E-state index contributed by atoms with van der Waals surface area (Å²) in [6, 6.07) is 0. The molecule has 0 fully saturated rings. The molecule has 13 heavy (non-hydrogen) atoms. The fraction of sp³-hybridized carbons (Fsp3) is 0.300. The predicted molar refractivity (Wildman–Crippen MR) is 54.5 cm³/mol. The zero-order valence-electron chi connectivity index (χ0n) is 7.79. The van der Waals surface area contributed by atoms with Gasteiger partial charge in [-0.25, -0.2) is 0 Å². The van der Waals surface area contributed by atoms with Gasteiger partial charge in [0.05, 0.1) is 6.54 Å². The molecular weight excluding hydrogens is 164 g/mol. The first-order valence-electron chi connectivity index (χ1n) is 4.14. The molecule has 70 valence electrons. The highest BCUT2D eigenvalue weighted by molar-refractivity contribution is 5.73. The van der Waals surface area contributed by atoms with Crippen molar-refractivity contribution >= 4 is 5.90 Å². The van der Waals surface area contributed by atoms with E-state index in [-0.39, 0.29) is 0 Å². The fourth-order valence-electron chi connectivity index (χ4n) is 0.941. The van der Waals surface area contributed by atoms with Gasteiger partial charge >= 0.3 is 0 Å². The summed E-state index contributed by atoms with van der Waals surface area (Å²) in [4.78, 5) is 4.16. The van der Waals surface area contributed by atoms with Crippen LogP contribution in [0.2, 0.25) is 0 Å². The lowest BCUT2D eigenvalue weighted by molar-refractivity contribution is 0.346. The van der Waals surface area contributed by atoms with Crippen molar-refractivity contribution in [2.75, 3.05) is 13.2 Å². The molecule has 0 bridgehead atoms. The van der Waals surface area contributed by atoms with E-state index in [4.69, 9.17) is 10.5 Å². The third kappa shape index (κ3) is 3.60. The molecule has 1 rings (SSSR count). The molecule has 0 amide bonds. The van der Waals surface area contributed by atoms with Crippen LogP contribution in [0.25, 0.3) is 0 Å². The van der Waals surface area contributed by atoms with Gasteiger partial charge in [0, 0.05) is 12.6 Å². The van der Waals surface area contributed by atoms with E-state index in [0.717, 1.165) is 5.57 Å². The second-order valence-corrected chi connectivity index (χ2v) is 2.85. The van der Waals surface area contributed by atoms with Gasteiger partial charge in [-0.2, -0.15) is 0 Å². The Bertz CT molecular complexity index is 287. The minimum absolute atomic E-state index is 0.510. The number of allylic oxidation sites excluding steroid dienone is 1. The Labute approximate surface area is 78.3 Å². The number of nitrogens with zero attached hydrogens (tertiary/aromatic N) is 1. The van der Waals surface area contributed by atoms with Crippen LogP contribution in [0.4, 0.5) is 0 Å². The summed E-state index contributed by atoms with van der Waals surface area (Å²) in [6.45, 7) is 6.70. The van der Waals surface area contributed by atoms with Gasteiger partial charge in [0.25, 0.3) is 0 Å². The Morgan fingerprint density at radius 2 is 2.38 bits per heavy atom. The number of nitrogens with two attached hydrogens (primary N) is 1. The van der Waals surface area contributed by atoms with Gasteiger partial charge in [-0.1, -0.05) is 6.58 Å². The molecule has 1 heterocycles. The van der Waals surface area contributed by atoms with Crippen LogP contribution >= 0.6 is 0 Å². The minimum atomic E-state index is 0.510. The Morgan fingerprint density at radius 3 is 3.15 bits per heavy atom. The smallest absolute Gasteiger partial charge is 0.180 e. The minimum Gasteiger partial charge on any atom is -0.477 e. The summed E-state index contributed by atoms with van der Waals surface area (Å²) in [6.07, 6.45) is 5.48. The summed E-state index contributed by atoms with van der Waals surface area (Å²) >= 11 is 0. The van der Waals surface area contributed by atoms with Crippen LogP contribution in [0, 0.1) is 0 Å². The van der Waals surface area contributed by atoms with E-state index in [1.807, 2.05) is 25.2 Å². The van der Waals surface area contributed by atoms with Crippen molar-refractivity contribution in [3.8, 4) is 0 Å². The predicted octanol–water partition coefficient (Wildman–Crippen LogP) is 1.39. The summed E-state index contributed by atoms with van der Waals surface area (Å²) in [5.41, 5.74) is 7.22. The zero-order chi connectivity index (χ0) is 9.68. The van der Waals surface area contributed by atoms with Crippen LogP contribution in [0.5, 0.6) is 0 Å². The molecule has 0 aromatic carbocycles. The molecule has 0 radical (unpaired) electrons. The van der Waals surface area contributed by atoms with E-state index in [0.29, 0.717) is 24.7 Å². The Morgan fingerprint density at radius 1 is 1.62 bits per heavy atom. The van der Waals surface area contributed by atoms with E-state index in [1.165, 1.54) is 0 Å². The van der Waals surface area contributed by atoms with Crippen molar-refractivity contribution < 1.29 is 4.74 Å². The molecule has 0 atom stereocenters. The lowest BCUT2D eigenvalue weighted by atomic mass is 10.2. The maximum Gasteiger partial charge on any atom is 0.180 e. The summed E-state index contributed by atoms with van der Waals surface area (Å²) in [7, 11) is 0. The fourth-order valence-corrected chi connectivity index (χ4v) is 0.941. The normalized spacial score (nSPS) is 25.2. The highest BCUT2D eigenvalue weighted by Crippen LogP contribution is 2.01. The van der Waals surface area contributed by atoms with Crippen molar-refractivity contribution in [3.63, 3.8) is 0 Å². The maximum atomic E-state index is 5.66. The molecule has 0 aliphatic carbocycles. The molecule has 0 aromatic rings. The standard InChI is InChI=1S/C10H14N2O/c1-8-6-10(11)4-3-5-13-9(2)12-7-8/h3-4,6H,1,5,7,11H2,2H3/b4-3-,10-6+,12-9?. The molecule has 0 unspecified atom stereocenters. The van der Waals surface area contributed by atoms with Crippen LogP contribution < -0.4 is 5.73 Å². The van der Waals surface area contributed by atoms with E-state index in [9.17, 15) is 0 Å². The van der Waals surface area contributed by atoms with Crippen molar-refractivity contribution in [2.24, 2.45) is 10.7 Å². The molecule has 1 aliphatic heterocycles. The van der Waals surface area contributed by atoms with Gasteiger partial charge in [0.2, 0.25) is 0 Å². The third-order valence-electron chi connectivity index (χ3n) is 1.57. The number of hydrogen-bond acceptors (Lipinski definition) is 3. The van der Waals surface area contributed by atoms with Crippen LogP contribution in [0.1, 0.15) is 6.92 Å². The molecule has 3 nitrogen and oxygen atoms in total. The quantitative estimate of drug-likeness (QED) is 0.609. The second-order valence-electron chi connectivity index (χ2n) is 2.85. The Kier molecular flexibility index (Phi) is 3.31. The highest BCUT2D eigenvalue weighted by Gasteiger charge is 1.94. The van der Waals surface area contributed by atoms with E-state index >= 15 is 0 Å². The SMILES string of the molecule is C=C1/C=C(N)\C=C/COC(C)=NC1. The molecular formula is C10H14N2O. The first kappa shape index (κ1) is 9.58. The molecule has 0 saturated carbocycles. The van der Waals surface area contributed by atoms with Gasteiger partial charge in [0.1, 0.15) is 6.61 Å². The molecule has 0 aromatic heterocycles. The van der Waals surface area contributed by atoms with Gasteiger partial charge in [-0.3, -0.25) is 4.99 Å². The van der Waals surface area contributed by atoms with Crippen molar-refractivity contribution in [1.29, 1.82) is 0 Å². The number of aliphatic imine (C=N–C) groups is 1. The lowest BCUT2D eigenvalue weighted by Crippen LogP contribution is -2.04. The summed E-state index contributed by atoms with van der Waals surface area (Å²) in [5, 5.41) is 0. The number of hydrogen-bond donors (Lipinski definition) is 1. The molecule has 0 saturated heterocycles. The van der Waals surface area contributed by atoms with Crippen LogP contribution in [0.3, 0.4) is 0 Å². The molecule has 2 N–H and O–H groups in total. The Hall–Kier alpha value is -1.51. The van der Waals surface area contributed by atoms with Crippen LogP contribution in [0.15, 0.2) is 41.1 Å². The van der Waals surface area contributed by atoms with Gasteiger partial charge in [0.15, 0.2) is 5.90 Å². The van der Waals surface area contributed by atoms with Crippen molar-refractivity contribution in [1.82, 2.24) is 0 Å². The number of ether oxygens (including phenoxy) is 1. The monoisotopic (exact) mass is 178 g/mol. The van der Waals surface area contributed by atoms with E-state index in [1.54, 1.807) is 0 Å². The largest absolute Gasteiger partial charge is 0.477 e. The average molecular weight is 178 g/mol. The average Bonchev–Trinajstić information content (AvgIpc) is 2.08. The van der Waals surface area contributed by atoms with Crippen LogP contribution in [-0.4, -0.2) is 19.0 Å². The molecule has 3 heteroatoms. The lowest BCUT2D eigenvalue weighted by Gasteiger charge is -2.04. The Balaban J connectivity index is 2.78. The topological polar surface area (TPSA) is 47.6 Å². The summed E-state index contributed by atoms with van der Waals surface area (Å²) in [5.74, 6) is 0.680. The second kappa shape index (κ2) is 4.50. The van der Waals surface area contributed by atoms with E-state index in [2.05, 4.69) is 11.6 Å². The maximum absolute atomic E-state index is 5.66. The van der Waals surface area contributed by atoms with Crippen molar-refractivity contribution in [3.05, 3.63) is 36.1 Å². The van der Waals surface area contributed by atoms with E-state index < -0.39 is 0 Å². The third-order valence-corrected chi connectivity index (χ3v) is 1.57. The van der Waals surface area contributed by atoms with Crippen LogP contribution in [-0.2, 0) is 4.74 Å². The first-order valence-corrected chi connectivity index (χ1v) is 4.14. The van der Waals surface area contributed by atoms with Gasteiger partial charge < -0.3 is 10.5 Å². The zero-order valence-corrected chi connectivity index (χ0v) is 7.79.